The molecule has 0 aliphatic carbocycles. The molecular weight excluding hydrogens is 224 g/mol. The van der Waals surface area contributed by atoms with Crippen LogP contribution in [0.3, 0.4) is 0 Å². The average Bonchev–Trinajstić information content (AvgIpc) is 2.33. The lowest BCUT2D eigenvalue weighted by atomic mass is 10.2. The summed E-state index contributed by atoms with van der Waals surface area (Å²) in [6.45, 7) is 4.04. The van der Waals surface area contributed by atoms with E-state index in [-0.39, 0.29) is 12.6 Å². The second-order valence-corrected chi connectivity index (χ2v) is 3.63. The topological polar surface area (TPSA) is 65.0 Å². The number of hydrogen-bond acceptors (Lipinski definition) is 5. The van der Waals surface area contributed by atoms with Crippen LogP contribution in [-0.4, -0.2) is 50.7 Å². The standard InChI is InChI=1S/C12H24O5/c1-2-3-4-5-12(14)17-11-10-16-9-8-15-7-6-13/h13H,2-11H2,1H3. The van der Waals surface area contributed by atoms with E-state index >= 15 is 0 Å². The highest BCUT2D eigenvalue weighted by Gasteiger charge is 2.01. The summed E-state index contributed by atoms with van der Waals surface area (Å²) in [5.74, 6) is -0.154. The first-order valence-corrected chi connectivity index (χ1v) is 6.23. The molecule has 0 aliphatic rings. The number of esters is 1. The molecule has 0 saturated heterocycles. The van der Waals surface area contributed by atoms with Gasteiger partial charge in [-0.1, -0.05) is 19.8 Å². The summed E-state index contributed by atoms with van der Waals surface area (Å²) in [5.41, 5.74) is 0. The molecule has 0 aliphatic heterocycles. The van der Waals surface area contributed by atoms with Gasteiger partial charge in [0.25, 0.3) is 0 Å². The Morgan fingerprint density at radius 2 is 1.65 bits per heavy atom. The summed E-state index contributed by atoms with van der Waals surface area (Å²) >= 11 is 0. The Hall–Kier alpha value is -0.650. The van der Waals surface area contributed by atoms with Crippen molar-refractivity contribution in [2.24, 2.45) is 0 Å². The first-order valence-electron chi connectivity index (χ1n) is 6.23. The highest BCUT2D eigenvalue weighted by Crippen LogP contribution is 2.00. The third kappa shape index (κ3) is 13.3. The molecule has 0 atom stereocenters. The summed E-state index contributed by atoms with van der Waals surface area (Å²) < 4.78 is 15.1. The minimum absolute atomic E-state index is 0.0232. The largest absolute Gasteiger partial charge is 0.463 e. The van der Waals surface area contributed by atoms with E-state index in [4.69, 9.17) is 19.3 Å². The smallest absolute Gasteiger partial charge is 0.305 e. The number of aliphatic hydroxyl groups is 1. The van der Waals surface area contributed by atoms with Gasteiger partial charge in [-0.25, -0.2) is 0 Å². The minimum atomic E-state index is -0.154. The SMILES string of the molecule is CCCCCC(=O)OCCOCCOCCO. The van der Waals surface area contributed by atoms with Gasteiger partial charge in [0, 0.05) is 6.42 Å². The fraction of sp³-hybridized carbons (Fsp3) is 0.917. The molecule has 0 rings (SSSR count). The lowest BCUT2D eigenvalue weighted by molar-refractivity contribution is -0.145. The van der Waals surface area contributed by atoms with E-state index in [0.29, 0.717) is 39.5 Å². The lowest BCUT2D eigenvalue weighted by Gasteiger charge is -2.06. The summed E-state index contributed by atoms with van der Waals surface area (Å²) in [5, 5.41) is 8.43. The lowest BCUT2D eigenvalue weighted by Crippen LogP contribution is -2.13. The van der Waals surface area contributed by atoms with Crippen molar-refractivity contribution >= 4 is 5.97 Å². The van der Waals surface area contributed by atoms with Crippen LogP contribution < -0.4 is 0 Å². The van der Waals surface area contributed by atoms with Gasteiger partial charge in [0.1, 0.15) is 6.61 Å². The molecule has 5 heteroatoms. The highest BCUT2D eigenvalue weighted by molar-refractivity contribution is 5.69. The number of rotatable bonds is 12. The van der Waals surface area contributed by atoms with Crippen LogP contribution in [0.4, 0.5) is 0 Å². The Labute approximate surface area is 103 Å². The maximum atomic E-state index is 11.2. The van der Waals surface area contributed by atoms with Crippen LogP contribution in [0, 0.1) is 0 Å². The van der Waals surface area contributed by atoms with Crippen molar-refractivity contribution in [3.8, 4) is 0 Å². The predicted octanol–water partition coefficient (Wildman–Crippen LogP) is 1.14. The van der Waals surface area contributed by atoms with Gasteiger partial charge < -0.3 is 19.3 Å². The van der Waals surface area contributed by atoms with Crippen LogP contribution in [0.5, 0.6) is 0 Å². The number of carbonyl (C=O) groups is 1. The first-order chi connectivity index (χ1) is 8.31. The molecule has 102 valence electrons. The van der Waals surface area contributed by atoms with Gasteiger partial charge in [0.2, 0.25) is 0 Å². The molecule has 0 saturated carbocycles. The van der Waals surface area contributed by atoms with Crippen molar-refractivity contribution in [3.63, 3.8) is 0 Å². The molecule has 0 unspecified atom stereocenters. The van der Waals surface area contributed by atoms with Gasteiger partial charge in [0.15, 0.2) is 0 Å². The van der Waals surface area contributed by atoms with Crippen molar-refractivity contribution in [1.82, 2.24) is 0 Å². The molecule has 1 N–H and O–H groups in total. The van der Waals surface area contributed by atoms with Crippen molar-refractivity contribution in [3.05, 3.63) is 0 Å². The van der Waals surface area contributed by atoms with Crippen LogP contribution in [0.2, 0.25) is 0 Å². The highest BCUT2D eigenvalue weighted by atomic mass is 16.6. The number of ether oxygens (including phenoxy) is 3. The van der Waals surface area contributed by atoms with Crippen molar-refractivity contribution < 1.29 is 24.1 Å². The molecule has 0 heterocycles. The van der Waals surface area contributed by atoms with Crippen molar-refractivity contribution in [2.75, 3.05) is 39.6 Å². The van der Waals surface area contributed by atoms with Crippen LogP contribution in [0.25, 0.3) is 0 Å². The fourth-order valence-corrected chi connectivity index (χ4v) is 1.19. The molecule has 0 amide bonds. The molecule has 0 aromatic rings. The molecular formula is C12H24O5. The zero-order valence-corrected chi connectivity index (χ0v) is 10.7. The molecule has 17 heavy (non-hydrogen) atoms. The van der Waals surface area contributed by atoms with Crippen LogP contribution in [-0.2, 0) is 19.0 Å². The van der Waals surface area contributed by atoms with Crippen LogP contribution in [0.1, 0.15) is 32.6 Å². The molecule has 0 bridgehead atoms. The summed E-state index contributed by atoms with van der Waals surface area (Å²) in [4.78, 5) is 11.2. The molecule has 0 aromatic carbocycles. The molecule has 0 spiro atoms. The number of unbranched alkanes of at least 4 members (excludes halogenated alkanes) is 2. The van der Waals surface area contributed by atoms with E-state index < -0.39 is 0 Å². The Kier molecular flexibility index (Phi) is 12.9. The third-order valence-electron chi connectivity index (χ3n) is 2.08. The maximum absolute atomic E-state index is 11.2. The Morgan fingerprint density at radius 1 is 1.00 bits per heavy atom. The Morgan fingerprint density at radius 3 is 2.29 bits per heavy atom. The summed E-state index contributed by atoms with van der Waals surface area (Å²) in [7, 11) is 0. The molecule has 0 fully saturated rings. The molecule has 0 aromatic heterocycles. The summed E-state index contributed by atoms with van der Waals surface area (Å²) in [6.07, 6.45) is 3.55. The van der Waals surface area contributed by atoms with E-state index in [1.54, 1.807) is 0 Å². The van der Waals surface area contributed by atoms with Gasteiger partial charge in [-0.15, -0.1) is 0 Å². The van der Waals surface area contributed by atoms with Crippen LogP contribution in [0.15, 0.2) is 0 Å². The van der Waals surface area contributed by atoms with Crippen LogP contribution >= 0.6 is 0 Å². The van der Waals surface area contributed by atoms with Gasteiger partial charge >= 0.3 is 5.97 Å². The van der Waals surface area contributed by atoms with Gasteiger partial charge in [-0.3, -0.25) is 4.79 Å². The second-order valence-electron chi connectivity index (χ2n) is 3.63. The van der Waals surface area contributed by atoms with Crippen molar-refractivity contribution in [1.29, 1.82) is 0 Å². The first kappa shape index (κ1) is 16.4. The average molecular weight is 248 g/mol. The van der Waals surface area contributed by atoms with E-state index in [1.807, 2.05) is 0 Å². The van der Waals surface area contributed by atoms with E-state index in [2.05, 4.69) is 6.92 Å². The van der Waals surface area contributed by atoms with E-state index in [9.17, 15) is 4.79 Å². The fourth-order valence-electron chi connectivity index (χ4n) is 1.19. The monoisotopic (exact) mass is 248 g/mol. The Bertz CT molecular complexity index is 172. The van der Waals surface area contributed by atoms with Gasteiger partial charge in [-0.05, 0) is 6.42 Å². The normalized spacial score (nSPS) is 10.5. The van der Waals surface area contributed by atoms with Gasteiger partial charge in [-0.2, -0.15) is 0 Å². The summed E-state index contributed by atoms with van der Waals surface area (Å²) in [6, 6.07) is 0. The third-order valence-corrected chi connectivity index (χ3v) is 2.08. The van der Waals surface area contributed by atoms with Gasteiger partial charge in [0.05, 0.1) is 33.0 Å². The zero-order chi connectivity index (χ0) is 12.8. The maximum Gasteiger partial charge on any atom is 0.305 e. The van der Waals surface area contributed by atoms with E-state index in [1.165, 1.54) is 0 Å². The minimum Gasteiger partial charge on any atom is -0.463 e. The molecule has 0 radical (unpaired) electrons. The van der Waals surface area contributed by atoms with Crippen molar-refractivity contribution in [2.45, 2.75) is 32.6 Å². The predicted molar refractivity (Wildman–Crippen MR) is 63.8 cm³/mol. The number of hydrogen-bond donors (Lipinski definition) is 1. The quantitative estimate of drug-likeness (QED) is 0.414. The zero-order valence-electron chi connectivity index (χ0n) is 10.7. The Balaban J connectivity index is 3.08. The number of aliphatic hydroxyl groups excluding tert-OH is 1. The second kappa shape index (κ2) is 13.4. The number of carbonyl (C=O) groups excluding carboxylic acids is 1. The molecule has 5 nitrogen and oxygen atoms in total. The van der Waals surface area contributed by atoms with E-state index in [0.717, 1.165) is 19.3 Å².